The standard InChI is InChI=1S/C25H32N2O3/c1-6-30-24(29)21-15(2)26-18-13-25(3,4)14-20(28)23(18)22(21)17-9-10-19-16(12-17)8-7-11-27(19)5/h9-10,12,21-22,26H,2,6-8,11,13-14H2,1,3-5H3. The van der Waals surface area contributed by atoms with Gasteiger partial charge in [-0.3, -0.25) is 9.59 Å². The van der Waals surface area contributed by atoms with Gasteiger partial charge in [0.1, 0.15) is 5.92 Å². The van der Waals surface area contributed by atoms with Gasteiger partial charge in [-0.15, -0.1) is 0 Å². The number of nitrogens with zero attached hydrogens (tertiary/aromatic N) is 1. The molecule has 0 saturated carbocycles. The highest BCUT2D eigenvalue weighted by molar-refractivity contribution is 6.01. The maximum Gasteiger partial charge on any atom is 0.315 e. The van der Waals surface area contributed by atoms with Crippen LogP contribution in [0.1, 0.15) is 57.1 Å². The van der Waals surface area contributed by atoms with Crippen LogP contribution in [0.25, 0.3) is 0 Å². The molecule has 1 aromatic rings. The SMILES string of the molecule is C=C1NC2=C(C(=O)CC(C)(C)C2)C(c2ccc3c(c2)CCCN3C)C1C(=O)OCC. The minimum Gasteiger partial charge on any atom is -0.465 e. The molecular formula is C25H32N2O3. The zero-order valence-electron chi connectivity index (χ0n) is 18.5. The van der Waals surface area contributed by atoms with E-state index in [1.807, 2.05) is 0 Å². The molecule has 0 fully saturated rings. The lowest BCUT2D eigenvalue weighted by Gasteiger charge is -2.42. The van der Waals surface area contributed by atoms with Crippen molar-refractivity contribution in [3.63, 3.8) is 0 Å². The van der Waals surface area contributed by atoms with Gasteiger partial charge in [0.25, 0.3) is 0 Å². The summed E-state index contributed by atoms with van der Waals surface area (Å²) in [4.78, 5) is 28.6. The molecule has 1 aliphatic carbocycles. The smallest absolute Gasteiger partial charge is 0.315 e. The number of ketones is 1. The van der Waals surface area contributed by atoms with Gasteiger partial charge in [0.15, 0.2) is 5.78 Å². The number of carbonyl (C=O) groups is 2. The predicted molar refractivity (Wildman–Crippen MR) is 118 cm³/mol. The summed E-state index contributed by atoms with van der Waals surface area (Å²) in [7, 11) is 2.11. The normalized spacial score (nSPS) is 25.4. The summed E-state index contributed by atoms with van der Waals surface area (Å²) < 4.78 is 5.41. The molecule has 160 valence electrons. The first kappa shape index (κ1) is 20.7. The third-order valence-electron chi connectivity index (χ3n) is 6.61. The monoisotopic (exact) mass is 408 g/mol. The Labute approximate surface area is 179 Å². The Morgan fingerprint density at radius 2 is 2.10 bits per heavy atom. The van der Waals surface area contributed by atoms with Crippen molar-refractivity contribution in [1.82, 2.24) is 5.32 Å². The molecule has 2 unspecified atom stereocenters. The van der Waals surface area contributed by atoms with Gasteiger partial charge in [0.05, 0.1) is 6.61 Å². The predicted octanol–water partition coefficient (Wildman–Crippen LogP) is 4.09. The van der Waals surface area contributed by atoms with E-state index in [0.717, 1.165) is 42.6 Å². The molecule has 2 atom stereocenters. The van der Waals surface area contributed by atoms with Crippen molar-refractivity contribution in [3.8, 4) is 0 Å². The molecule has 0 bridgehead atoms. The van der Waals surface area contributed by atoms with Crippen LogP contribution in [0, 0.1) is 11.3 Å². The number of benzene rings is 1. The number of rotatable bonds is 3. The van der Waals surface area contributed by atoms with E-state index in [-0.39, 0.29) is 23.1 Å². The Morgan fingerprint density at radius 1 is 1.33 bits per heavy atom. The van der Waals surface area contributed by atoms with E-state index in [4.69, 9.17) is 4.74 Å². The maximum absolute atomic E-state index is 13.3. The first-order valence-electron chi connectivity index (χ1n) is 10.9. The van der Waals surface area contributed by atoms with Crippen LogP contribution in [0.4, 0.5) is 5.69 Å². The number of anilines is 1. The number of nitrogens with one attached hydrogen (secondary N) is 1. The molecular weight excluding hydrogens is 376 g/mol. The number of Topliss-reactive ketones (excluding diaryl/α,β-unsaturated/α-hetero) is 1. The topological polar surface area (TPSA) is 58.6 Å². The molecule has 1 N–H and O–H groups in total. The Balaban J connectivity index is 1.86. The molecule has 2 aliphatic heterocycles. The van der Waals surface area contributed by atoms with Gasteiger partial charge in [0.2, 0.25) is 0 Å². The van der Waals surface area contributed by atoms with Crippen molar-refractivity contribution in [2.45, 2.75) is 52.4 Å². The molecule has 0 aromatic heterocycles. The number of esters is 1. The number of fused-ring (bicyclic) bond motifs is 1. The lowest BCUT2D eigenvalue weighted by atomic mass is 9.66. The summed E-state index contributed by atoms with van der Waals surface area (Å²) >= 11 is 0. The molecule has 3 aliphatic rings. The average molecular weight is 409 g/mol. The molecule has 5 heteroatoms. The van der Waals surface area contributed by atoms with E-state index in [2.05, 4.69) is 55.9 Å². The second kappa shape index (κ2) is 7.60. The third-order valence-corrected chi connectivity index (χ3v) is 6.61. The van der Waals surface area contributed by atoms with Gasteiger partial charge in [-0.05, 0) is 48.8 Å². The van der Waals surface area contributed by atoms with E-state index in [1.54, 1.807) is 6.92 Å². The highest BCUT2D eigenvalue weighted by Crippen LogP contribution is 2.48. The van der Waals surface area contributed by atoms with Gasteiger partial charge < -0.3 is 15.0 Å². The number of ether oxygens (including phenoxy) is 1. The minimum atomic E-state index is -0.603. The van der Waals surface area contributed by atoms with E-state index in [1.165, 1.54) is 11.3 Å². The summed E-state index contributed by atoms with van der Waals surface area (Å²) in [6, 6.07) is 6.40. The van der Waals surface area contributed by atoms with Crippen molar-refractivity contribution in [2.75, 3.05) is 25.1 Å². The lowest BCUT2D eigenvalue weighted by Crippen LogP contribution is -2.43. The largest absolute Gasteiger partial charge is 0.465 e. The second-order valence-corrected chi connectivity index (χ2v) is 9.60. The van der Waals surface area contributed by atoms with E-state index in [9.17, 15) is 9.59 Å². The van der Waals surface area contributed by atoms with Crippen LogP contribution in [-0.4, -0.2) is 32.0 Å². The molecule has 0 saturated heterocycles. The summed E-state index contributed by atoms with van der Waals surface area (Å²) in [5, 5.41) is 3.32. The number of aryl methyl sites for hydroxylation is 1. The summed E-state index contributed by atoms with van der Waals surface area (Å²) in [5.74, 6) is -1.16. The van der Waals surface area contributed by atoms with Crippen LogP contribution < -0.4 is 10.2 Å². The van der Waals surface area contributed by atoms with Crippen LogP contribution in [0.2, 0.25) is 0 Å². The van der Waals surface area contributed by atoms with Gasteiger partial charge in [-0.25, -0.2) is 0 Å². The highest BCUT2D eigenvalue weighted by atomic mass is 16.5. The fourth-order valence-corrected chi connectivity index (χ4v) is 5.31. The van der Waals surface area contributed by atoms with Crippen molar-refractivity contribution < 1.29 is 14.3 Å². The molecule has 0 amide bonds. The molecule has 0 spiro atoms. The second-order valence-electron chi connectivity index (χ2n) is 9.60. The van der Waals surface area contributed by atoms with E-state index >= 15 is 0 Å². The Kier molecular flexibility index (Phi) is 5.25. The van der Waals surface area contributed by atoms with Gasteiger partial charge in [-0.1, -0.05) is 32.6 Å². The van der Waals surface area contributed by atoms with Crippen molar-refractivity contribution in [1.29, 1.82) is 0 Å². The lowest BCUT2D eigenvalue weighted by molar-refractivity contribution is -0.147. The van der Waals surface area contributed by atoms with E-state index < -0.39 is 5.92 Å². The zero-order chi connectivity index (χ0) is 21.6. The van der Waals surface area contributed by atoms with E-state index in [0.29, 0.717) is 18.7 Å². The molecule has 4 rings (SSSR count). The first-order valence-corrected chi connectivity index (χ1v) is 10.9. The molecule has 1 aromatic carbocycles. The van der Waals surface area contributed by atoms with Crippen molar-refractivity contribution in [3.05, 3.63) is 52.9 Å². The molecule has 0 radical (unpaired) electrons. The Bertz CT molecular complexity index is 944. The summed E-state index contributed by atoms with van der Waals surface area (Å²) in [6.07, 6.45) is 3.37. The number of carbonyl (C=O) groups excluding carboxylic acids is 2. The minimum absolute atomic E-state index is 0.108. The van der Waals surface area contributed by atoms with Crippen LogP contribution in [0.5, 0.6) is 0 Å². The quantitative estimate of drug-likeness (QED) is 0.764. The van der Waals surface area contributed by atoms with Gasteiger partial charge in [-0.2, -0.15) is 0 Å². The number of hydrogen-bond acceptors (Lipinski definition) is 5. The van der Waals surface area contributed by atoms with Gasteiger partial charge >= 0.3 is 5.97 Å². The van der Waals surface area contributed by atoms with Crippen LogP contribution in [0.15, 0.2) is 41.7 Å². The average Bonchev–Trinajstić information content (AvgIpc) is 2.66. The molecule has 30 heavy (non-hydrogen) atoms. The highest BCUT2D eigenvalue weighted by Gasteiger charge is 2.46. The molecule has 2 heterocycles. The summed E-state index contributed by atoms with van der Waals surface area (Å²) in [6.45, 7) is 11.5. The Morgan fingerprint density at radius 3 is 2.83 bits per heavy atom. The third kappa shape index (κ3) is 3.55. The van der Waals surface area contributed by atoms with Crippen LogP contribution in [0.3, 0.4) is 0 Å². The fourth-order valence-electron chi connectivity index (χ4n) is 5.31. The van der Waals surface area contributed by atoms with Crippen LogP contribution >= 0.6 is 0 Å². The van der Waals surface area contributed by atoms with Crippen LogP contribution in [-0.2, 0) is 20.7 Å². The Hall–Kier alpha value is -2.56. The van der Waals surface area contributed by atoms with Crippen molar-refractivity contribution in [2.24, 2.45) is 11.3 Å². The maximum atomic E-state index is 13.3. The fraction of sp³-hybridized carbons (Fsp3) is 0.520. The first-order chi connectivity index (χ1) is 14.2. The number of hydrogen-bond donors (Lipinski definition) is 1. The zero-order valence-corrected chi connectivity index (χ0v) is 18.5. The summed E-state index contributed by atoms with van der Waals surface area (Å²) in [5.41, 5.74) is 5.69. The molecule has 5 nitrogen and oxygen atoms in total. The van der Waals surface area contributed by atoms with Crippen molar-refractivity contribution >= 4 is 17.4 Å². The van der Waals surface area contributed by atoms with Gasteiger partial charge in [0, 0.05) is 48.6 Å². The number of allylic oxidation sites excluding steroid dienone is 2.